The van der Waals surface area contributed by atoms with Crippen LogP contribution in [0.1, 0.15) is 51.9 Å². The Hall–Kier alpha value is -0.570. The number of carbonyl (C=O) groups excluding carboxylic acids is 1. The van der Waals surface area contributed by atoms with Crippen molar-refractivity contribution in [3.05, 3.63) is 0 Å². The van der Waals surface area contributed by atoms with E-state index in [9.17, 15) is 4.79 Å². The maximum atomic E-state index is 13.1. The van der Waals surface area contributed by atoms with Crippen molar-refractivity contribution in [1.29, 1.82) is 0 Å². The molecule has 3 saturated carbocycles. The van der Waals surface area contributed by atoms with E-state index in [1.165, 1.54) is 44.9 Å². The molecule has 6 atom stereocenters. The van der Waals surface area contributed by atoms with Crippen LogP contribution < -0.4 is 5.32 Å². The lowest BCUT2D eigenvalue weighted by Crippen LogP contribution is -2.51. The summed E-state index contributed by atoms with van der Waals surface area (Å²) in [6, 6.07) is 1.90. The quantitative estimate of drug-likeness (QED) is 0.865. The van der Waals surface area contributed by atoms with E-state index < -0.39 is 0 Å². The molecule has 5 aliphatic rings. The molecule has 0 spiro atoms. The van der Waals surface area contributed by atoms with Crippen molar-refractivity contribution in [2.45, 2.75) is 70.0 Å². The van der Waals surface area contributed by atoms with Gasteiger partial charge >= 0.3 is 0 Å². The summed E-state index contributed by atoms with van der Waals surface area (Å²) in [5, 5.41) is 3.71. The summed E-state index contributed by atoms with van der Waals surface area (Å²) in [5.74, 6) is 4.39. The highest BCUT2D eigenvalue weighted by Crippen LogP contribution is 2.69. The number of piperidine rings is 1. The van der Waals surface area contributed by atoms with Crippen LogP contribution in [-0.4, -0.2) is 35.5 Å². The first-order valence-electron chi connectivity index (χ1n) is 9.32. The second-order valence-corrected chi connectivity index (χ2v) is 8.40. The van der Waals surface area contributed by atoms with E-state index in [-0.39, 0.29) is 0 Å². The minimum atomic E-state index is 0.434. The van der Waals surface area contributed by atoms with E-state index >= 15 is 0 Å². The van der Waals surface area contributed by atoms with Crippen molar-refractivity contribution < 1.29 is 4.79 Å². The Morgan fingerprint density at radius 2 is 1.62 bits per heavy atom. The summed E-state index contributed by atoms with van der Waals surface area (Å²) in [6.45, 7) is 3.11. The minimum Gasteiger partial charge on any atom is -0.340 e. The normalized spacial score (nSPS) is 52.8. The summed E-state index contributed by atoms with van der Waals surface area (Å²) in [6.07, 6.45) is 9.33. The zero-order chi connectivity index (χ0) is 14.1. The number of rotatable bonds is 3. The van der Waals surface area contributed by atoms with Crippen LogP contribution in [-0.2, 0) is 4.79 Å². The van der Waals surface area contributed by atoms with Gasteiger partial charge in [0.2, 0.25) is 5.91 Å². The summed E-state index contributed by atoms with van der Waals surface area (Å²) in [5.41, 5.74) is 0. The van der Waals surface area contributed by atoms with Gasteiger partial charge in [0.15, 0.2) is 0 Å². The molecule has 2 saturated heterocycles. The monoisotopic (exact) mass is 288 g/mol. The average molecular weight is 288 g/mol. The number of amides is 1. The molecule has 1 amide bonds. The third-order valence-electron chi connectivity index (χ3n) is 7.53. The number of carbonyl (C=O) groups is 1. The lowest BCUT2D eigenvalue weighted by molar-refractivity contribution is -0.136. The van der Waals surface area contributed by atoms with Gasteiger partial charge in [-0.05, 0) is 75.5 Å². The highest BCUT2D eigenvalue weighted by molar-refractivity contribution is 5.83. The molecule has 0 aromatic rings. The van der Waals surface area contributed by atoms with Crippen molar-refractivity contribution in [1.82, 2.24) is 10.2 Å². The molecule has 0 radical (unpaired) electrons. The number of nitrogens with zero attached hydrogens (tertiary/aromatic N) is 1. The van der Waals surface area contributed by atoms with Gasteiger partial charge in [0.05, 0.1) is 0 Å². The molecule has 5 fully saturated rings. The Labute approximate surface area is 127 Å². The first-order valence-corrected chi connectivity index (χ1v) is 9.32. The molecule has 2 heterocycles. The van der Waals surface area contributed by atoms with Crippen LogP contribution in [0.5, 0.6) is 0 Å². The first kappa shape index (κ1) is 12.9. The number of hydrogen-bond acceptors (Lipinski definition) is 2. The van der Waals surface area contributed by atoms with Crippen LogP contribution in [0.25, 0.3) is 0 Å². The highest BCUT2D eigenvalue weighted by atomic mass is 16.2. The summed E-state index contributed by atoms with van der Waals surface area (Å²) in [4.78, 5) is 15.4. The number of hydrogen-bond donors (Lipinski definition) is 1. The van der Waals surface area contributed by atoms with Crippen LogP contribution in [0.2, 0.25) is 0 Å². The van der Waals surface area contributed by atoms with E-state index in [4.69, 9.17) is 0 Å². The summed E-state index contributed by atoms with van der Waals surface area (Å²) < 4.78 is 0. The van der Waals surface area contributed by atoms with E-state index in [0.717, 1.165) is 30.2 Å². The fraction of sp³-hybridized carbons (Fsp3) is 0.944. The van der Waals surface area contributed by atoms with E-state index in [1.807, 2.05) is 0 Å². The molecular formula is C18H28N2O. The van der Waals surface area contributed by atoms with Gasteiger partial charge in [-0.1, -0.05) is 0 Å². The van der Waals surface area contributed by atoms with E-state index in [0.29, 0.717) is 30.0 Å². The van der Waals surface area contributed by atoms with Crippen molar-refractivity contribution in [2.24, 2.45) is 29.6 Å². The van der Waals surface area contributed by atoms with Crippen LogP contribution in [0.15, 0.2) is 0 Å². The van der Waals surface area contributed by atoms with Gasteiger partial charge < -0.3 is 10.2 Å². The minimum absolute atomic E-state index is 0.434. The Morgan fingerprint density at radius 3 is 2.19 bits per heavy atom. The maximum absolute atomic E-state index is 13.1. The Balaban J connectivity index is 1.31. The molecule has 3 aliphatic carbocycles. The third kappa shape index (κ3) is 1.79. The van der Waals surface area contributed by atoms with Gasteiger partial charge in [-0.25, -0.2) is 0 Å². The Bertz CT molecular complexity index is 436. The van der Waals surface area contributed by atoms with Gasteiger partial charge in [-0.2, -0.15) is 0 Å². The van der Waals surface area contributed by atoms with Crippen LogP contribution in [0, 0.1) is 29.6 Å². The van der Waals surface area contributed by atoms with E-state index in [1.54, 1.807) is 0 Å². The zero-order valence-electron chi connectivity index (χ0n) is 13.1. The molecule has 3 nitrogen and oxygen atoms in total. The summed E-state index contributed by atoms with van der Waals surface area (Å²) in [7, 11) is 0. The largest absolute Gasteiger partial charge is 0.340 e. The van der Waals surface area contributed by atoms with Crippen molar-refractivity contribution in [2.75, 3.05) is 6.54 Å². The molecule has 6 unspecified atom stereocenters. The molecule has 4 bridgehead atoms. The molecule has 0 aromatic carbocycles. The SMILES string of the molecule is CCN(C(=O)C1C2C3CCC(C3)C12)C1CC2CCC(C1)N2. The molecule has 0 aromatic heterocycles. The van der Waals surface area contributed by atoms with Gasteiger partial charge in [0.1, 0.15) is 0 Å². The zero-order valence-corrected chi connectivity index (χ0v) is 13.1. The molecule has 5 rings (SSSR count). The van der Waals surface area contributed by atoms with Gasteiger partial charge in [-0.15, -0.1) is 0 Å². The highest BCUT2D eigenvalue weighted by Gasteiger charge is 2.68. The number of nitrogens with one attached hydrogen (secondary N) is 1. The average Bonchev–Trinajstić information content (AvgIpc) is 2.77. The van der Waals surface area contributed by atoms with Crippen LogP contribution in [0.3, 0.4) is 0 Å². The smallest absolute Gasteiger partial charge is 0.226 e. The van der Waals surface area contributed by atoms with Crippen LogP contribution in [0.4, 0.5) is 0 Å². The predicted molar refractivity (Wildman–Crippen MR) is 81.7 cm³/mol. The fourth-order valence-electron chi connectivity index (χ4n) is 6.72. The lowest BCUT2D eigenvalue weighted by Gasteiger charge is -2.38. The van der Waals surface area contributed by atoms with Gasteiger partial charge in [0, 0.05) is 30.6 Å². The predicted octanol–water partition coefficient (Wildman–Crippen LogP) is 2.41. The molecule has 3 heteroatoms. The molecule has 116 valence electrons. The van der Waals surface area contributed by atoms with Gasteiger partial charge in [-0.3, -0.25) is 4.79 Å². The lowest BCUT2D eigenvalue weighted by atomic mass is 9.96. The van der Waals surface area contributed by atoms with Crippen LogP contribution >= 0.6 is 0 Å². The molecule has 2 aliphatic heterocycles. The maximum Gasteiger partial charge on any atom is 0.226 e. The topological polar surface area (TPSA) is 32.3 Å². The number of fused-ring (bicyclic) bond motifs is 7. The van der Waals surface area contributed by atoms with Crippen molar-refractivity contribution in [3.8, 4) is 0 Å². The Morgan fingerprint density at radius 1 is 1.00 bits per heavy atom. The standard InChI is InChI=1S/C18H28N2O/c1-2-20(14-8-12-5-6-13(9-14)19-12)18(21)17-15-10-3-4-11(7-10)16(15)17/h10-17,19H,2-9H2,1H3. The third-order valence-corrected chi connectivity index (χ3v) is 7.53. The van der Waals surface area contributed by atoms with E-state index in [2.05, 4.69) is 17.1 Å². The van der Waals surface area contributed by atoms with Crippen molar-refractivity contribution in [3.63, 3.8) is 0 Å². The molecule has 21 heavy (non-hydrogen) atoms. The fourth-order valence-corrected chi connectivity index (χ4v) is 6.72. The second kappa shape index (κ2) is 4.47. The van der Waals surface area contributed by atoms with Crippen molar-refractivity contribution >= 4 is 5.91 Å². The first-order chi connectivity index (χ1) is 10.3. The molecule has 1 N–H and O–H groups in total. The Kier molecular flexibility index (Phi) is 2.75. The molecular weight excluding hydrogens is 260 g/mol. The summed E-state index contributed by atoms with van der Waals surface area (Å²) >= 11 is 0. The second-order valence-electron chi connectivity index (χ2n) is 8.40. The van der Waals surface area contributed by atoms with Gasteiger partial charge in [0.25, 0.3) is 0 Å².